The largest absolute Gasteiger partial charge is 0.497 e. The van der Waals surface area contributed by atoms with Gasteiger partial charge in [-0.15, -0.1) is 24.0 Å². The monoisotopic (exact) mass is 524 g/mol. The maximum absolute atomic E-state index is 5.29. The number of pyridine rings is 1. The highest BCUT2D eigenvalue weighted by molar-refractivity contribution is 14.0. The minimum absolute atomic E-state index is 0. The topological polar surface area (TPSA) is 65.0 Å². The van der Waals surface area contributed by atoms with Gasteiger partial charge in [0, 0.05) is 45.5 Å². The number of likely N-dealkylation sites (N-methyl/N-ethyl adjacent to an activating group) is 1. The van der Waals surface area contributed by atoms with Crippen molar-refractivity contribution in [3.05, 3.63) is 53.7 Å². The van der Waals surface area contributed by atoms with Crippen LogP contribution < -0.4 is 20.3 Å². The van der Waals surface area contributed by atoms with Gasteiger partial charge in [0.1, 0.15) is 11.6 Å². The molecule has 0 radical (unpaired) electrons. The van der Waals surface area contributed by atoms with Crippen molar-refractivity contribution < 1.29 is 4.74 Å². The maximum atomic E-state index is 5.29. The minimum atomic E-state index is 0. The second-order valence-corrected chi connectivity index (χ2v) is 7.21. The Kier molecular flexibility index (Phi) is 10.2. The molecule has 0 spiro atoms. The van der Waals surface area contributed by atoms with Crippen molar-refractivity contribution in [2.75, 3.05) is 51.8 Å². The van der Waals surface area contributed by atoms with Gasteiger partial charge in [-0.25, -0.2) is 9.98 Å². The number of nitrogens with one attached hydrogen (secondary N) is 2. The van der Waals surface area contributed by atoms with E-state index in [0.717, 1.165) is 55.8 Å². The number of hydrogen-bond donors (Lipinski definition) is 2. The third-order valence-corrected chi connectivity index (χ3v) is 5.00. The van der Waals surface area contributed by atoms with Crippen molar-refractivity contribution in [2.45, 2.75) is 20.0 Å². The van der Waals surface area contributed by atoms with Crippen LogP contribution in [0.5, 0.6) is 5.75 Å². The van der Waals surface area contributed by atoms with E-state index >= 15 is 0 Å². The molecule has 0 amide bonds. The molecule has 30 heavy (non-hydrogen) atoms. The Morgan fingerprint density at radius 3 is 2.63 bits per heavy atom. The highest BCUT2D eigenvalue weighted by Crippen LogP contribution is 2.15. The molecule has 1 saturated heterocycles. The predicted octanol–water partition coefficient (Wildman–Crippen LogP) is 2.72. The molecule has 2 N–H and O–H groups in total. The molecule has 8 heteroatoms. The van der Waals surface area contributed by atoms with Crippen LogP contribution >= 0.6 is 24.0 Å². The number of halogens is 1. The second kappa shape index (κ2) is 12.6. The van der Waals surface area contributed by atoms with Crippen molar-refractivity contribution in [2.24, 2.45) is 4.99 Å². The van der Waals surface area contributed by atoms with Crippen LogP contribution in [0.3, 0.4) is 0 Å². The lowest BCUT2D eigenvalue weighted by molar-refractivity contribution is 0.312. The molecular formula is C22H33IN6O. The fourth-order valence-corrected chi connectivity index (χ4v) is 3.25. The summed E-state index contributed by atoms with van der Waals surface area (Å²) in [5.74, 6) is 2.70. The van der Waals surface area contributed by atoms with Crippen molar-refractivity contribution in [3.8, 4) is 5.75 Å². The second-order valence-electron chi connectivity index (χ2n) is 7.21. The van der Waals surface area contributed by atoms with Gasteiger partial charge in [-0.3, -0.25) is 0 Å². The van der Waals surface area contributed by atoms with Crippen molar-refractivity contribution >= 4 is 35.8 Å². The summed E-state index contributed by atoms with van der Waals surface area (Å²) < 4.78 is 5.29. The maximum Gasteiger partial charge on any atom is 0.191 e. The standard InChI is InChI=1S/C22H32N6O.HI/c1-4-23-22(25-16-18-6-5-7-20(14-18)29-3)26-17-19-8-9-24-21(15-19)28-12-10-27(2)11-13-28;/h5-9,14-15H,4,10-13,16-17H2,1-3H3,(H2,23,25,26);1H. The van der Waals surface area contributed by atoms with Crippen LogP contribution in [0.1, 0.15) is 18.1 Å². The van der Waals surface area contributed by atoms with Crippen LogP contribution in [-0.4, -0.2) is 62.7 Å². The highest BCUT2D eigenvalue weighted by Gasteiger charge is 2.15. The molecule has 1 aromatic carbocycles. The number of methoxy groups -OCH3 is 1. The van der Waals surface area contributed by atoms with E-state index in [0.29, 0.717) is 13.1 Å². The number of guanidine groups is 1. The quantitative estimate of drug-likeness (QED) is 0.330. The van der Waals surface area contributed by atoms with Gasteiger partial charge in [-0.1, -0.05) is 12.1 Å². The number of aromatic nitrogens is 1. The first-order chi connectivity index (χ1) is 14.2. The van der Waals surface area contributed by atoms with Crippen LogP contribution in [0.25, 0.3) is 0 Å². The van der Waals surface area contributed by atoms with Gasteiger partial charge >= 0.3 is 0 Å². The van der Waals surface area contributed by atoms with E-state index in [9.17, 15) is 0 Å². The third kappa shape index (κ3) is 7.32. The molecular weight excluding hydrogens is 491 g/mol. The molecule has 0 atom stereocenters. The van der Waals surface area contributed by atoms with Gasteiger partial charge in [0.05, 0.1) is 13.7 Å². The first-order valence-electron chi connectivity index (χ1n) is 10.2. The van der Waals surface area contributed by atoms with E-state index < -0.39 is 0 Å². The number of aliphatic imine (C=N–C) groups is 1. The fraction of sp³-hybridized carbons (Fsp3) is 0.455. The fourth-order valence-electron chi connectivity index (χ4n) is 3.25. The van der Waals surface area contributed by atoms with Crippen molar-refractivity contribution in [1.29, 1.82) is 0 Å². The number of benzene rings is 1. The summed E-state index contributed by atoms with van der Waals surface area (Å²) in [4.78, 5) is 14.0. The third-order valence-electron chi connectivity index (χ3n) is 5.00. The van der Waals surface area contributed by atoms with Crippen LogP contribution in [0.15, 0.2) is 47.6 Å². The molecule has 0 saturated carbocycles. The Labute approximate surface area is 196 Å². The highest BCUT2D eigenvalue weighted by atomic mass is 127. The van der Waals surface area contributed by atoms with Crippen molar-refractivity contribution in [3.63, 3.8) is 0 Å². The van der Waals surface area contributed by atoms with Gasteiger partial charge in [0.2, 0.25) is 0 Å². The Bertz CT molecular complexity index is 808. The average Bonchev–Trinajstić information content (AvgIpc) is 2.76. The normalized spacial score (nSPS) is 14.8. The van der Waals surface area contributed by atoms with Crippen LogP contribution in [0.4, 0.5) is 5.82 Å². The molecule has 1 aliphatic rings. The summed E-state index contributed by atoms with van der Waals surface area (Å²) in [7, 11) is 3.84. The molecule has 1 aliphatic heterocycles. The lowest BCUT2D eigenvalue weighted by Gasteiger charge is -2.33. The zero-order valence-electron chi connectivity index (χ0n) is 18.1. The number of rotatable bonds is 7. The van der Waals surface area contributed by atoms with E-state index in [1.165, 1.54) is 5.56 Å². The zero-order chi connectivity index (χ0) is 20.5. The van der Waals surface area contributed by atoms with E-state index in [2.05, 4.69) is 57.6 Å². The molecule has 1 aromatic heterocycles. The Balaban J connectivity index is 0.00000320. The summed E-state index contributed by atoms with van der Waals surface area (Å²) in [6.45, 7) is 8.36. The zero-order valence-corrected chi connectivity index (χ0v) is 20.4. The van der Waals surface area contributed by atoms with Crippen molar-refractivity contribution in [1.82, 2.24) is 20.5 Å². The number of hydrogen-bond acceptors (Lipinski definition) is 5. The molecule has 0 bridgehead atoms. The van der Waals surface area contributed by atoms with Gasteiger partial charge in [-0.2, -0.15) is 0 Å². The summed E-state index contributed by atoms with van der Waals surface area (Å²) >= 11 is 0. The number of nitrogens with zero attached hydrogens (tertiary/aromatic N) is 4. The average molecular weight is 524 g/mol. The Hall–Kier alpha value is -2.07. The van der Waals surface area contributed by atoms with E-state index in [1.807, 2.05) is 24.4 Å². The molecule has 7 nitrogen and oxygen atoms in total. The van der Waals surface area contributed by atoms with Gasteiger partial charge in [0.25, 0.3) is 0 Å². The lowest BCUT2D eigenvalue weighted by Crippen LogP contribution is -2.44. The number of anilines is 1. The van der Waals surface area contributed by atoms with Gasteiger partial charge in [0.15, 0.2) is 5.96 Å². The van der Waals surface area contributed by atoms with E-state index in [1.54, 1.807) is 7.11 Å². The predicted molar refractivity (Wildman–Crippen MR) is 134 cm³/mol. The molecule has 2 heterocycles. The van der Waals surface area contributed by atoms with Crippen LogP contribution in [0.2, 0.25) is 0 Å². The van der Waals surface area contributed by atoms with Gasteiger partial charge < -0.3 is 25.2 Å². The smallest absolute Gasteiger partial charge is 0.191 e. The summed E-state index contributed by atoms with van der Waals surface area (Å²) in [6.07, 6.45) is 1.89. The first-order valence-corrected chi connectivity index (χ1v) is 10.2. The van der Waals surface area contributed by atoms with E-state index in [4.69, 9.17) is 9.73 Å². The van der Waals surface area contributed by atoms with Crippen LogP contribution in [-0.2, 0) is 13.1 Å². The van der Waals surface area contributed by atoms with E-state index in [-0.39, 0.29) is 24.0 Å². The molecule has 0 aliphatic carbocycles. The summed E-state index contributed by atoms with van der Waals surface area (Å²) in [5, 5.41) is 6.74. The summed E-state index contributed by atoms with van der Waals surface area (Å²) in [6, 6.07) is 12.2. The number of piperazine rings is 1. The molecule has 164 valence electrons. The molecule has 3 rings (SSSR count). The Morgan fingerprint density at radius 2 is 1.90 bits per heavy atom. The molecule has 2 aromatic rings. The Morgan fingerprint density at radius 1 is 1.10 bits per heavy atom. The first kappa shape index (κ1) is 24.2. The molecule has 1 fully saturated rings. The SMILES string of the molecule is CCNC(=NCc1cccc(OC)c1)NCc1ccnc(N2CCN(C)CC2)c1.I. The minimum Gasteiger partial charge on any atom is -0.497 e. The summed E-state index contributed by atoms with van der Waals surface area (Å²) in [5.41, 5.74) is 2.31. The number of ether oxygens (including phenoxy) is 1. The molecule has 0 unspecified atom stereocenters. The van der Waals surface area contributed by atoms with Crippen LogP contribution in [0, 0.1) is 0 Å². The lowest BCUT2D eigenvalue weighted by atomic mass is 10.2. The van der Waals surface area contributed by atoms with Gasteiger partial charge in [-0.05, 0) is 49.4 Å².